The second-order valence-corrected chi connectivity index (χ2v) is 5.95. The van der Waals surface area contributed by atoms with Gasteiger partial charge in [-0.1, -0.05) is 30.3 Å². The Bertz CT molecular complexity index is 694. The number of alkyl carbamates (subject to hydrolysis) is 1. The van der Waals surface area contributed by atoms with E-state index in [0.717, 1.165) is 5.56 Å². The van der Waals surface area contributed by atoms with Gasteiger partial charge in [0, 0.05) is 6.54 Å². The maximum absolute atomic E-state index is 11.7. The van der Waals surface area contributed by atoms with Gasteiger partial charge < -0.3 is 25.4 Å². The molecule has 0 aliphatic heterocycles. The molecule has 4 N–H and O–H groups in total. The SMILES string of the molecule is Cc1cc(O)cc(C)c1C(O)C(O)CNC(=O)OCc1ccccc1. The third kappa shape index (κ3) is 5.20. The summed E-state index contributed by atoms with van der Waals surface area (Å²) < 4.78 is 5.05. The number of aryl methyl sites for hydroxylation is 2. The summed E-state index contributed by atoms with van der Waals surface area (Å²) in [6.45, 7) is 3.44. The lowest BCUT2D eigenvalue weighted by Crippen LogP contribution is -2.36. The van der Waals surface area contributed by atoms with Crippen LogP contribution in [0.2, 0.25) is 0 Å². The number of phenolic OH excluding ortho intramolecular Hbond substituents is 1. The van der Waals surface area contributed by atoms with Crippen LogP contribution in [0.5, 0.6) is 5.75 Å². The van der Waals surface area contributed by atoms with E-state index in [1.54, 1.807) is 13.8 Å². The molecule has 0 aliphatic carbocycles. The third-order valence-corrected chi connectivity index (χ3v) is 3.91. The van der Waals surface area contributed by atoms with Crippen molar-refractivity contribution < 1.29 is 24.9 Å². The van der Waals surface area contributed by atoms with Crippen molar-refractivity contribution in [1.82, 2.24) is 5.32 Å². The van der Waals surface area contributed by atoms with Crippen LogP contribution in [-0.2, 0) is 11.3 Å². The summed E-state index contributed by atoms with van der Waals surface area (Å²) in [5.74, 6) is 0.100. The highest BCUT2D eigenvalue weighted by molar-refractivity contribution is 5.67. The lowest BCUT2D eigenvalue weighted by molar-refractivity contribution is 0.0177. The smallest absolute Gasteiger partial charge is 0.407 e. The summed E-state index contributed by atoms with van der Waals surface area (Å²) in [5.41, 5.74) is 2.71. The first-order valence-corrected chi connectivity index (χ1v) is 7.99. The van der Waals surface area contributed by atoms with Crippen molar-refractivity contribution >= 4 is 6.09 Å². The molecular weight excluding hydrogens is 322 g/mol. The van der Waals surface area contributed by atoms with Gasteiger partial charge in [-0.3, -0.25) is 0 Å². The van der Waals surface area contributed by atoms with Crippen LogP contribution in [-0.4, -0.2) is 34.1 Å². The monoisotopic (exact) mass is 345 g/mol. The lowest BCUT2D eigenvalue weighted by Gasteiger charge is -2.22. The average molecular weight is 345 g/mol. The van der Waals surface area contributed by atoms with Gasteiger partial charge in [-0.25, -0.2) is 4.79 Å². The Balaban J connectivity index is 1.87. The number of rotatable bonds is 6. The molecule has 2 unspecified atom stereocenters. The molecule has 0 aliphatic rings. The van der Waals surface area contributed by atoms with E-state index in [0.29, 0.717) is 16.7 Å². The van der Waals surface area contributed by atoms with Gasteiger partial charge >= 0.3 is 6.09 Å². The topological polar surface area (TPSA) is 99.0 Å². The molecule has 6 nitrogen and oxygen atoms in total. The molecule has 0 bridgehead atoms. The summed E-state index contributed by atoms with van der Waals surface area (Å²) in [7, 11) is 0. The summed E-state index contributed by atoms with van der Waals surface area (Å²) in [6, 6.07) is 12.3. The van der Waals surface area contributed by atoms with E-state index in [9.17, 15) is 20.1 Å². The first kappa shape index (κ1) is 18.8. The molecule has 0 fully saturated rings. The fourth-order valence-electron chi connectivity index (χ4n) is 2.68. The van der Waals surface area contributed by atoms with E-state index in [-0.39, 0.29) is 18.9 Å². The van der Waals surface area contributed by atoms with Crippen LogP contribution >= 0.6 is 0 Å². The number of aliphatic hydroxyl groups excluding tert-OH is 2. The van der Waals surface area contributed by atoms with Crippen molar-refractivity contribution in [3.05, 3.63) is 64.7 Å². The molecule has 0 heterocycles. The van der Waals surface area contributed by atoms with Crippen molar-refractivity contribution in [2.45, 2.75) is 32.7 Å². The summed E-state index contributed by atoms with van der Waals surface area (Å²) in [4.78, 5) is 11.7. The minimum Gasteiger partial charge on any atom is -0.508 e. The van der Waals surface area contributed by atoms with E-state index in [1.165, 1.54) is 12.1 Å². The zero-order valence-corrected chi connectivity index (χ0v) is 14.3. The zero-order valence-electron chi connectivity index (χ0n) is 14.3. The Labute approximate surface area is 146 Å². The molecule has 2 aromatic carbocycles. The number of carbonyl (C=O) groups is 1. The third-order valence-electron chi connectivity index (χ3n) is 3.91. The van der Waals surface area contributed by atoms with Crippen LogP contribution in [0.4, 0.5) is 4.79 Å². The number of aromatic hydroxyl groups is 1. The van der Waals surface area contributed by atoms with E-state index < -0.39 is 18.3 Å². The second kappa shape index (κ2) is 8.50. The number of benzene rings is 2. The Hall–Kier alpha value is -2.57. The number of hydrogen-bond donors (Lipinski definition) is 4. The lowest BCUT2D eigenvalue weighted by atomic mass is 9.94. The maximum Gasteiger partial charge on any atom is 0.407 e. The Morgan fingerprint density at radius 1 is 1.12 bits per heavy atom. The van der Waals surface area contributed by atoms with Crippen LogP contribution < -0.4 is 5.32 Å². The molecule has 2 aromatic rings. The van der Waals surface area contributed by atoms with Crippen LogP contribution in [0.25, 0.3) is 0 Å². The van der Waals surface area contributed by atoms with Crippen molar-refractivity contribution in [2.75, 3.05) is 6.54 Å². The van der Waals surface area contributed by atoms with Gasteiger partial charge in [0.2, 0.25) is 0 Å². The highest BCUT2D eigenvalue weighted by atomic mass is 16.5. The predicted molar refractivity (Wildman–Crippen MR) is 93.2 cm³/mol. The van der Waals surface area contributed by atoms with E-state index in [1.807, 2.05) is 30.3 Å². The van der Waals surface area contributed by atoms with Gasteiger partial charge in [-0.15, -0.1) is 0 Å². The predicted octanol–water partition coefficient (Wildman–Crippen LogP) is 2.33. The molecule has 0 aromatic heterocycles. The molecule has 134 valence electrons. The first-order valence-electron chi connectivity index (χ1n) is 7.99. The van der Waals surface area contributed by atoms with Crippen LogP contribution in [0.15, 0.2) is 42.5 Å². The van der Waals surface area contributed by atoms with Crippen molar-refractivity contribution in [1.29, 1.82) is 0 Å². The Morgan fingerprint density at radius 2 is 1.72 bits per heavy atom. The number of amides is 1. The Morgan fingerprint density at radius 3 is 2.32 bits per heavy atom. The van der Waals surface area contributed by atoms with Crippen molar-refractivity contribution in [2.24, 2.45) is 0 Å². The molecule has 0 spiro atoms. The van der Waals surface area contributed by atoms with Gasteiger partial charge in [-0.05, 0) is 48.2 Å². The normalized spacial score (nSPS) is 13.1. The number of ether oxygens (including phenoxy) is 1. The number of hydrogen-bond acceptors (Lipinski definition) is 5. The van der Waals surface area contributed by atoms with Crippen LogP contribution in [0.3, 0.4) is 0 Å². The van der Waals surface area contributed by atoms with Gasteiger partial charge in [0.05, 0.1) is 0 Å². The highest BCUT2D eigenvalue weighted by Crippen LogP contribution is 2.28. The number of nitrogens with one attached hydrogen (secondary N) is 1. The maximum atomic E-state index is 11.7. The summed E-state index contributed by atoms with van der Waals surface area (Å²) in [6.07, 6.45) is -3.06. The zero-order chi connectivity index (χ0) is 18.4. The fourth-order valence-corrected chi connectivity index (χ4v) is 2.68. The van der Waals surface area contributed by atoms with Gasteiger partial charge in [0.1, 0.15) is 24.6 Å². The second-order valence-electron chi connectivity index (χ2n) is 5.95. The Kier molecular flexibility index (Phi) is 6.38. The molecule has 0 radical (unpaired) electrons. The van der Waals surface area contributed by atoms with Crippen LogP contribution in [0.1, 0.15) is 28.4 Å². The fraction of sp³-hybridized carbons (Fsp3) is 0.316. The number of aliphatic hydroxyl groups is 2. The molecule has 0 saturated heterocycles. The van der Waals surface area contributed by atoms with Crippen molar-refractivity contribution in [3.8, 4) is 5.75 Å². The van der Waals surface area contributed by atoms with Gasteiger partial charge in [0.25, 0.3) is 0 Å². The van der Waals surface area contributed by atoms with Crippen molar-refractivity contribution in [3.63, 3.8) is 0 Å². The standard InChI is InChI=1S/C19H23NO5/c1-12-8-15(21)9-13(2)17(12)18(23)16(22)10-20-19(24)25-11-14-6-4-3-5-7-14/h3-9,16,18,21-23H,10-11H2,1-2H3,(H,20,24). The molecular formula is C19H23NO5. The van der Waals surface area contributed by atoms with E-state index in [2.05, 4.69) is 5.32 Å². The van der Waals surface area contributed by atoms with Gasteiger partial charge in [-0.2, -0.15) is 0 Å². The summed E-state index contributed by atoms with van der Waals surface area (Å²) >= 11 is 0. The molecule has 0 saturated carbocycles. The number of phenols is 1. The van der Waals surface area contributed by atoms with E-state index in [4.69, 9.17) is 4.74 Å². The minimum atomic E-state index is -1.20. The largest absolute Gasteiger partial charge is 0.508 e. The molecule has 2 rings (SSSR count). The molecule has 6 heteroatoms. The quantitative estimate of drug-likeness (QED) is 0.644. The number of carbonyl (C=O) groups excluding carboxylic acids is 1. The van der Waals surface area contributed by atoms with Crippen LogP contribution in [0, 0.1) is 13.8 Å². The molecule has 25 heavy (non-hydrogen) atoms. The van der Waals surface area contributed by atoms with E-state index >= 15 is 0 Å². The summed E-state index contributed by atoms with van der Waals surface area (Å²) in [5, 5.41) is 32.5. The first-order chi connectivity index (χ1) is 11.9. The molecule has 2 atom stereocenters. The minimum absolute atomic E-state index is 0.100. The highest BCUT2D eigenvalue weighted by Gasteiger charge is 2.23. The average Bonchev–Trinajstić information content (AvgIpc) is 2.57. The molecule has 1 amide bonds. The van der Waals surface area contributed by atoms with Gasteiger partial charge in [0.15, 0.2) is 0 Å².